The van der Waals surface area contributed by atoms with Crippen LogP contribution in [0.2, 0.25) is 10.0 Å². The molecule has 10 heteroatoms. The van der Waals surface area contributed by atoms with Crippen molar-refractivity contribution in [2.45, 2.75) is 24.2 Å². The first kappa shape index (κ1) is 18.7. The van der Waals surface area contributed by atoms with Gasteiger partial charge in [-0.3, -0.25) is 4.72 Å². The van der Waals surface area contributed by atoms with Crippen molar-refractivity contribution >= 4 is 55.0 Å². The molecule has 1 aromatic carbocycles. The summed E-state index contributed by atoms with van der Waals surface area (Å²) in [5.41, 5.74) is 0. The Bertz CT molecular complexity index is 892. The monoisotopic (exact) mass is 465 g/mol. The summed E-state index contributed by atoms with van der Waals surface area (Å²) in [6.45, 7) is 0.447. The van der Waals surface area contributed by atoms with Gasteiger partial charge in [0.25, 0.3) is 15.9 Å². The first-order chi connectivity index (χ1) is 11.9. The minimum Gasteiger partial charge on any atom is -0.475 e. The summed E-state index contributed by atoms with van der Waals surface area (Å²) in [6, 6.07) is 4.37. The Morgan fingerprint density at radius 3 is 2.80 bits per heavy atom. The van der Waals surface area contributed by atoms with Crippen LogP contribution in [0, 0.1) is 5.92 Å². The van der Waals surface area contributed by atoms with Gasteiger partial charge in [0.05, 0.1) is 22.8 Å². The number of aromatic nitrogens is 2. The van der Waals surface area contributed by atoms with Crippen LogP contribution in [0.1, 0.15) is 19.3 Å². The van der Waals surface area contributed by atoms with Crippen LogP contribution in [-0.4, -0.2) is 25.0 Å². The van der Waals surface area contributed by atoms with Gasteiger partial charge >= 0.3 is 0 Å². The SMILES string of the molecule is O=S(=O)(Nc1ncc(Br)nc1OCCC1CC1)c1cccc(Cl)c1Cl. The lowest BCUT2D eigenvalue weighted by Gasteiger charge is -2.13. The molecule has 25 heavy (non-hydrogen) atoms. The number of rotatable bonds is 7. The fourth-order valence-corrected chi connectivity index (χ4v) is 4.16. The average Bonchev–Trinajstić information content (AvgIpc) is 3.36. The summed E-state index contributed by atoms with van der Waals surface area (Å²) >= 11 is 15.1. The highest BCUT2D eigenvalue weighted by Crippen LogP contribution is 2.34. The molecule has 6 nitrogen and oxygen atoms in total. The van der Waals surface area contributed by atoms with Gasteiger partial charge < -0.3 is 4.74 Å². The molecule has 0 atom stereocenters. The van der Waals surface area contributed by atoms with Crippen LogP contribution < -0.4 is 9.46 Å². The van der Waals surface area contributed by atoms with Crippen LogP contribution in [0.5, 0.6) is 5.88 Å². The molecule has 0 saturated heterocycles. The smallest absolute Gasteiger partial charge is 0.264 e. The van der Waals surface area contributed by atoms with Crippen LogP contribution in [0.25, 0.3) is 0 Å². The first-order valence-corrected chi connectivity index (χ1v) is 10.5. The lowest BCUT2D eigenvalue weighted by Crippen LogP contribution is -2.16. The van der Waals surface area contributed by atoms with Crippen LogP contribution in [0.15, 0.2) is 33.9 Å². The summed E-state index contributed by atoms with van der Waals surface area (Å²) < 4.78 is 33.6. The highest BCUT2D eigenvalue weighted by Gasteiger charge is 2.24. The van der Waals surface area contributed by atoms with Crippen molar-refractivity contribution in [2.24, 2.45) is 5.92 Å². The van der Waals surface area contributed by atoms with Gasteiger partial charge in [-0.2, -0.15) is 0 Å². The molecule has 0 aliphatic heterocycles. The van der Waals surface area contributed by atoms with Gasteiger partial charge in [0, 0.05) is 0 Å². The van der Waals surface area contributed by atoms with E-state index in [-0.39, 0.29) is 26.6 Å². The van der Waals surface area contributed by atoms with E-state index in [1.165, 1.54) is 37.2 Å². The van der Waals surface area contributed by atoms with Crippen LogP contribution >= 0.6 is 39.1 Å². The highest BCUT2D eigenvalue weighted by molar-refractivity contribution is 9.10. The molecule has 0 amide bonds. The Morgan fingerprint density at radius 1 is 1.32 bits per heavy atom. The summed E-state index contributed by atoms with van der Waals surface area (Å²) in [5, 5.41) is 0.0882. The molecule has 1 aliphatic carbocycles. The Morgan fingerprint density at radius 2 is 2.08 bits per heavy atom. The number of nitrogens with zero attached hydrogens (tertiary/aromatic N) is 2. The van der Waals surface area contributed by atoms with Crippen molar-refractivity contribution in [1.82, 2.24) is 9.97 Å². The average molecular weight is 467 g/mol. The number of benzene rings is 1. The van der Waals surface area contributed by atoms with E-state index in [2.05, 4.69) is 30.6 Å². The third kappa shape index (κ3) is 4.75. The molecule has 0 spiro atoms. The third-order valence-corrected chi connectivity index (χ3v) is 6.30. The summed E-state index contributed by atoms with van der Waals surface area (Å²) in [5.74, 6) is 0.789. The van der Waals surface area contributed by atoms with E-state index in [9.17, 15) is 8.42 Å². The number of ether oxygens (including phenoxy) is 1. The number of hydrogen-bond acceptors (Lipinski definition) is 5. The van der Waals surface area contributed by atoms with Crippen LogP contribution in [-0.2, 0) is 10.0 Å². The van der Waals surface area contributed by atoms with Crippen LogP contribution in [0.3, 0.4) is 0 Å². The summed E-state index contributed by atoms with van der Waals surface area (Å²) in [6.07, 6.45) is 4.70. The van der Waals surface area contributed by atoms with Crippen molar-refractivity contribution in [2.75, 3.05) is 11.3 Å². The van der Waals surface area contributed by atoms with E-state index in [1.54, 1.807) is 0 Å². The summed E-state index contributed by atoms with van der Waals surface area (Å²) in [7, 11) is -4.00. The van der Waals surface area contributed by atoms with Crippen molar-refractivity contribution < 1.29 is 13.2 Å². The molecule has 0 bridgehead atoms. The summed E-state index contributed by atoms with van der Waals surface area (Å²) in [4.78, 5) is 8.06. The zero-order chi connectivity index (χ0) is 18.0. The third-order valence-electron chi connectivity index (χ3n) is 3.61. The van der Waals surface area contributed by atoms with Gasteiger partial charge in [-0.15, -0.1) is 0 Å². The molecule has 1 saturated carbocycles. The van der Waals surface area contributed by atoms with Gasteiger partial charge in [-0.1, -0.05) is 42.1 Å². The number of sulfonamides is 1. The van der Waals surface area contributed by atoms with Gasteiger partial charge in [0.15, 0.2) is 0 Å². The lowest BCUT2D eigenvalue weighted by molar-refractivity contribution is 0.291. The Balaban J connectivity index is 1.84. The zero-order valence-electron chi connectivity index (χ0n) is 12.9. The van der Waals surface area contributed by atoms with Gasteiger partial charge in [-0.25, -0.2) is 18.4 Å². The molecule has 1 N–H and O–H groups in total. The molecule has 0 radical (unpaired) electrons. The number of nitrogens with one attached hydrogen (secondary N) is 1. The molecule has 1 fully saturated rings. The van der Waals surface area contributed by atoms with E-state index < -0.39 is 10.0 Å². The predicted octanol–water partition coefficient (Wildman–Crippen LogP) is 4.53. The van der Waals surface area contributed by atoms with Gasteiger partial charge in [0.1, 0.15) is 9.50 Å². The number of anilines is 1. The number of halogens is 3. The standard InChI is InChI=1S/C15H14BrCl2N3O3S/c16-12-8-19-14(15(20-12)24-7-6-9-4-5-9)21-25(22,23)11-3-1-2-10(17)13(11)18/h1-3,8-9H,4-7H2,(H,19,21). The van der Waals surface area contributed by atoms with E-state index in [4.69, 9.17) is 27.9 Å². The highest BCUT2D eigenvalue weighted by atomic mass is 79.9. The van der Waals surface area contributed by atoms with E-state index in [0.717, 1.165) is 6.42 Å². The van der Waals surface area contributed by atoms with E-state index in [1.807, 2.05) is 0 Å². The minimum atomic E-state index is -4.00. The zero-order valence-corrected chi connectivity index (χ0v) is 16.8. The van der Waals surface area contributed by atoms with E-state index >= 15 is 0 Å². The Hall–Kier alpha value is -1.09. The maximum Gasteiger partial charge on any atom is 0.264 e. The largest absolute Gasteiger partial charge is 0.475 e. The first-order valence-electron chi connectivity index (χ1n) is 7.49. The second-order valence-corrected chi connectivity index (χ2v) is 8.83. The van der Waals surface area contributed by atoms with Crippen molar-refractivity contribution in [1.29, 1.82) is 0 Å². The quantitative estimate of drug-likeness (QED) is 0.648. The minimum absolute atomic E-state index is 0.00459. The van der Waals surface area contributed by atoms with E-state index in [0.29, 0.717) is 17.1 Å². The fraction of sp³-hybridized carbons (Fsp3) is 0.333. The molecular formula is C15H14BrCl2N3O3S. The fourth-order valence-electron chi connectivity index (χ4n) is 2.13. The maximum absolute atomic E-state index is 12.6. The molecular weight excluding hydrogens is 453 g/mol. The van der Waals surface area contributed by atoms with Crippen molar-refractivity contribution in [3.05, 3.63) is 39.0 Å². The van der Waals surface area contributed by atoms with Crippen molar-refractivity contribution in [3.8, 4) is 5.88 Å². The molecule has 1 heterocycles. The topological polar surface area (TPSA) is 81.2 Å². The van der Waals surface area contributed by atoms with Gasteiger partial charge in [-0.05, 0) is 40.4 Å². The van der Waals surface area contributed by atoms with Gasteiger partial charge in [0.2, 0.25) is 5.82 Å². The molecule has 134 valence electrons. The molecule has 1 aromatic heterocycles. The van der Waals surface area contributed by atoms with Crippen molar-refractivity contribution in [3.63, 3.8) is 0 Å². The molecule has 2 aromatic rings. The Kier molecular flexibility index (Phi) is 5.72. The van der Waals surface area contributed by atoms with Crippen LogP contribution in [0.4, 0.5) is 5.82 Å². The molecule has 0 unspecified atom stereocenters. The second kappa shape index (κ2) is 7.65. The number of hydrogen-bond donors (Lipinski definition) is 1. The second-order valence-electron chi connectivity index (χ2n) is 5.58. The lowest BCUT2D eigenvalue weighted by atomic mass is 10.3. The molecule has 3 rings (SSSR count). The maximum atomic E-state index is 12.6. The predicted molar refractivity (Wildman–Crippen MR) is 99.8 cm³/mol. The molecule has 1 aliphatic rings. The Labute approximate surface area is 164 Å². The normalized spacial score (nSPS) is 14.4.